The van der Waals surface area contributed by atoms with E-state index < -0.39 is 0 Å². The predicted molar refractivity (Wildman–Crippen MR) is 67.0 cm³/mol. The molecule has 0 radical (unpaired) electrons. The third-order valence-corrected chi connectivity index (χ3v) is 3.46. The molecule has 0 aromatic rings. The lowest BCUT2D eigenvalue weighted by atomic mass is 9.83. The molecule has 0 aromatic heterocycles. The summed E-state index contributed by atoms with van der Waals surface area (Å²) < 4.78 is 5.44. The first-order valence-electron chi connectivity index (χ1n) is 6.33. The number of hydrogen-bond acceptors (Lipinski definition) is 2. The van der Waals surface area contributed by atoms with Gasteiger partial charge in [-0.3, -0.25) is 0 Å². The van der Waals surface area contributed by atoms with E-state index in [9.17, 15) is 0 Å². The summed E-state index contributed by atoms with van der Waals surface area (Å²) in [4.78, 5) is 2.50. The lowest BCUT2D eigenvalue weighted by molar-refractivity contribution is 0.230. The maximum Gasteiger partial charge on any atom is 0.0984 e. The third kappa shape index (κ3) is 2.60. The second-order valence-corrected chi connectivity index (χ2v) is 5.60. The summed E-state index contributed by atoms with van der Waals surface area (Å²) >= 11 is 0. The van der Waals surface area contributed by atoms with Crippen LogP contribution >= 0.6 is 0 Å². The van der Waals surface area contributed by atoms with Gasteiger partial charge in [0.05, 0.1) is 12.9 Å². The van der Waals surface area contributed by atoms with Crippen LogP contribution < -0.4 is 0 Å². The van der Waals surface area contributed by atoms with E-state index in [1.807, 2.05) is 0 Å². The molecule has 0 N–H and O–H groups in total. The number of rotatable bonds is 2. The van der Waals surface area contributed by atoms with Crippen LogP contribution in [0.5, 0.6) is 0 Å². The smallest absolute Gasteiger partial charge is 0.0984 e. The maximum absolute atomic E-state index is 5.44. The van der Waals surface area contributed by atoms with E-state index in [4.69, 9.17) is 4.74 Å². The molecular formula is C14H23NO. The van der Waals surface area contributed by atoms with Gasteiger partial charge < -0.3 is 9.64 Å². The van der Waals surface area contributed by atoms with E-state index in [1.54, 1.807) is 7.11 Å². The molecule has 0 spiro atoms. The van der Waals surface area contributed by atoms with Crippen LogP contribution in [0.25, 0.3) is 0 Å². The van der Waals surface area contributed by atoms with Crippen LogP contribution in [0.3, 0.4) is 0 Å². The fraction of sp³-hybridized carbons (Fsp3) is 0.714. The average molecular weight is 221 g/mol. The Morgan fingerprint density at radius 1 is 1.19 bits per heavy atom. The van der Waals surface area contributed by atoms with Crippen molar-refractivity contribution in [3.8, 4) is 0 Å². The first-order chi connectivity index (χ1) is 7.61. The first-order valence-corrected chi connectivity index (χ1v) is 6.33. The highest BCUT2D eigenvalue weighted by molar-refractivity contribution is 5.28. The Labute approximate surface area is 99.0 Å². The van der Waals surface area contributed by atoms with Gasteiger partial charge in [0.25, 0.3) is 0 Å². The molecule has 0 saturated carbocycles. The standard InChI is InChI=1S/C14H23NO/c1-14(2)10-12(9-13(11-14)16-3)15-7-5-4-6-8-15/h9-10H,4-8,11H2,1-3H3. The lowest BCUT2D eigenvalue weighted by Gasteiger charge is -2.35. The minimum absolute atomic E-state index is 0.229. The molecule has 1 aliphatic heterocycles. The van der Waals surface area contributed by atoms with Gasteiger partial charge >= 0.3 is 0 Å². The molecule has 1 aliphatic carbocycles. The molecule has 2 aliphatic rings. The number of methoxy groups -OCH3 is 1. The number of allylic oxidation sites excluding steroid dienone is 3. The van der Waals surface area contributed by atoms with Gasteiger partial charge in [0.15, 0.2) is 0 Å². The van der Waals surface area contributed by atoms with Crippen molar-refractivity contribution in [2.75, 3.05) is 20.2 Å². The Balaban J connectivity index is 2.17. The van der Waals surface area contributed by atoms with Crippen LogP contribution in [0.2, 0.25) is 0 Å². The van der Waals surface area contributed by atoms with Crippen molar-refractivity contribution < 1.29 is 4.74 Å². The highest BCUT2D eigenvalue weighted by atomic mass is 16.5. The van der Waals surface area contributed by atoms with Gasteiger partial charge in [-0.05, 0) is 30.8 Å². The summed E-state index contributed by atoms with van der Waals surface area (Å²) in [5.74, 6) is 1.12. The number of hydrogen-bond donors (Lipinski definition) is 0. The molecule has 2 rings (SSSR count). The second-order valence-electron chi connectivity index (χ2n) is 5.60. The topological polar surface area (TPSA) is 12.5 Å². The Bertz CT molecular complexity index is 309. The van der Waals surface area contributed by atoms with Crippen LogP contribution in [0.4, 0.5) is 0 Å². The average Bonchev–Trinajstić information content (AvgIpc) is 2.28. The van der Waals surface area contributed by atoms with Crippen LogP contribution in [0.1, 0.15) is 39.5 Å². The minimum Gasteiger partial charge on any atom is -0.501 e. The first kappa shape index (κ1) is 11.6. The molecule has 0 amide bonds. The van der Waals surface area contributed by atoms with E-state index in [1.165, 1.54) is 38.0 Å². The molecule has 1 saturated heterocycles. The Kier molecular flexibility index (Phi) is 3.27. The Hall–Kier alpha value is -0.920. The highest BCUT2D eigenvalue weighted by Gasteiger charge is 2.25. The molecule has 2 heteroatoms. The van der Waals surface area contributed by atoms with Crippen molar-refractivity contribution in [3.63, 3.8) is 0 Å². The fourth-order valence-corrected chi connectivity index (χ4v) is 2.62. The zero-order valence-electron chi connectivity index (χ0n) is 10.8. The molecule has 16 heavy (non-hydrogen) atoms. The number of likely N-dealkylation sites (tertiary alicyclic amines) is 1. The van der Waals surface area contributed by atoms with Crippen molar-refractivity contribution in [1.29, 1.82) is 0 Å². The number of nitrogens with zero attached hydrogens (tertiary/aromatic N) is 1. The van der Waals surface area contributed by atoms with Crippen LogP contribution in [-0.2, 0) is 4.74 Å². The van der Waals surface area contributed by atoms with Gasteiger partial charge in [-0.2, -0.15) is 0 Å². The molecule has 1 heterocycles. The van der Waals surface area contributed by atoms with Crippen LogP contribution in [0, 0.1) is 5.41 Å². The van der Waals surface area contributed by atoms with Crippen molar-refractivity contribution in [1.82, 2.24) is 4.90 Å². The second kappa shape index (κ2) is 4.52. The van der Waals surface area contributed by atoms with Crippen molar-refractivity contribution in [2.24, 2.45) is 5.41 Å². The Morgan fingerprint density at radius 2 is 1.88 bits per heavy atom. The van der Waals surface area contributed by atoms with Gasteiger partial charge in [0.1, 0.15) is 0 Å². The van der Waals surface area contributed by atoms with Crippen molar-refractivity contribution in [2.45, 2.75) is 39.5 Å². The van der Waals surface area contributed by atoms with Gasteiger partial charge in [-0.1, -0.05) is 19.9 Å². The maximum atomic E-state index is 5.44. The monoisotopic (exact) mass is 221 g/mol. The van der Waals surface area contributed by atoms with Crippen LogP contribution in [0.15, 0.2) is 23.6 Å². The zero-order valence-corrected chi connectivity index (χ0v) is 10.8. The normalized spacial score (nSPS) is 24.8. The van der Waals surface area contributed by atoms with Gasteiger partial charge in [-0.15, -0.1) is 0 Å². The third-order valence-electron chi connectivity index (χ3n) is 3.46. The molecule has 0 aromatic carbocycles. The predicted octanol–water partition coefficient (Wildman–Crippen LogP) is 3.32. The molecule has 2 nitrogen and oxygen atoms in total. The summed E-state index contributed by atoms with van der Waals surface area (Å²) in [5, 5.41) is 0. The highest BCUT2D eigenvalue weighted by Crippen LogP contribution is 2.35. The van der Waals surface area contributed by atoms with Crippen molar-refractivity contribution >= 4 is 0 Å². The molecular weight excluding hydrogens is 198 g/mol. The van der Waals surface area contributed by atoms with E-state index in [-0.39, 0.29) is 5.41 Å². The molecule has 90 valence electrons. The summed E-state index contributed by atoms with van der Waals surface area (Å²) in [6.45, 7) is 6.97. The van der Waals surface area contributed by atoms with E-state index in [2.05, 4.69) is 30.9 Å². The molecule has 1 fully saturated rings. The van der Waals surface area contributed by atoms with E-state index in [0.717, 1.165) is 12.2 Å². The fourth-order valence-electron chi connectivity index (χ4n) is 2.62. The number of piperidine rings is 1. The summed E-state index contributed by atoms with van der Waals surface area (Å²) in [6, 6.07) is 0. The quantitative estimate of drug-likeness (QED) is 0.709. The SMILES string of the molecule is COC1=CC(N2CCCCC2)=CC(C)(C)C1. The molecule has 0 bridgehead atoms. The minimum atomic E-state index is 0.229. The van der Waals surface area contributed by atoms with E-state index >= 15 is 0 Å². The van der Waals surface area contributed by atoms with Crippen LogP contribution in [-0.4, -0.2) is 25.1 Å². The number of ether oxygens (including phenoxy) is 1. The van der Waals surface area contributed by atoms with Gasteiger partial charge in [-0.25, -0.2) is 0 Å². The van der Waals surface area contributed by atoms with E-state index in [0.29, 0.717) is 0 Å². The Morgan fingerprint density at radius 3 is 2.50 bits per heavy atom. The summed E-state index contributed by atoms with van der Waals surface area (Å²) in [5.41, 5.74) is 1.60. The van der Waals surface area contributed by atoms with Gasteiger partial charge in [0.2, 0.25) is 0 Å². The summed E-state index contributed by atoms with van der Waals surface area (Å²) in [7, 11) is 1.78. The summed E-state index contributed by atoms with van der Waals surface area (Å²) in [6.07, 6.45) is 9.67. The zero-order chi connectivity index (χ0) is 11.6. The van der Waals surface area contributed by atoms with Crippen molar-refractivity contribution in [3.05, 3.63) is 23.6 Å². The largest absolute Gasteiger partial charge is 0.501 e. The lowest BCUT2D eigenvalue weighted by Crippen LogP contribution is -2.31. The molecule has 0 unspecified atom stereocenters. The van der Waals surface area contributed by atoms with Gasteiger partial charge in [0, 0.05) is 25.2 Å². The molecule has 0 atom stereocenters.